The van der Waals surface area contributed by atoms with Crippen LogP contribution in [0.2, 0.25) is 0 Å². The van der Waals surface area contributed by atoms with Crippen molar-refractivity contribution in [1.82, 2.24) is 21.2 Å². The molecular weight excluding hydrogens is 332 g/mol. The van der Waals surface area contributed by atoms with Gasteiger partial charge in [-0.05, 0) is 62.3 Å². The van der Waals surface area contributed by atoms with Crippen molar-refractivity contribution in [2.45, 2.75) is 45.1 Å². The van der Waals surface area contributed by atoms with Gasteiger partial charge in [-0.15, -0.1) is 0 Å². The lowest BCUT2D eigenvalue weighted by Crippen LogP contribution is -2.57. The lowest BCUT2D eigenvalue weighted by Gasteiger charge is -2.55. The summed E-state index contributed by atoms with van der Waals surface area (Å²) in [7, 11) is 1.54. The van der Waals surface area contributed by atoms with Crippen LogP contribution >= 0.6 is 0 Å². The first kappa shape index (κ1) is 17.1. The van der Waals surface area contributed by atoms with Crippen molar-refractivity contribution in [3.8, 4) is 5.88 Å². The Morgan fingerprint density at radius 1 is 1.15 bits per heavy atom. The second kappa shape index (κ2) is 6.78. The summed E-state index contributed by atoms with van der Waals surface area (Å²) >= 11 is 0. The van der Waals surface area contributed by atoms with Crippen molar-refractivity contribution < 1.29 is 14.3 Å². The van der Waals surface area contributed by atoms with Crippen LogP contribution in [-0.4, -0.2) is 24.0 Å². The number of hydrogen-bond acceptors (Lipinski definition) is 4. The van der Waals surface area contributed by atoms with E-state index in [1.54, 1.807) is 12.3 Å². The van der Waals surface area contributed by atoms with Gasteiger partial charge in [-0.2, -0.15) is 0 Å². The summed E-state index contributed by atoms with van der Waals surface area (Å²) in [5.74, 6) is 2.53. The van der Waals surface area contributed by atoms with Crippen LogP contribution in [0.25, 0.3) is 0 Å². The summed E-state index contributed by atoms with van der Waals surface area (Å²) < 4.78 is 5.16. The predicted molar refractivity (Wildman–Crippen MR) is 94.9 cm³/mol. The highest BCUT2D eigenvalue weighted by Crippen LogP contribution is 2.59. The van der Waals surface area contributed by atoms with Crippen molar-refractivity contribution in [2.24, 2.45) is 23.2 Å². The molecule has 0 saturated heterocycles. The number of rotatable bonds is 4. The van der Waals surface area contributed by atoms with E-state index in [4.69, 9.17) is 4.74 Å². The zero-order chi connectivity index (χ0) is 18.1. The number of hydrogen-bond donors (Lipinski definition) is 3. The number of amides is 3. The maximum absolute atomic E-state index is 12.8. The molecule has 1 aromatic rings. The van der Waals surface area contributed by atoms with Crippen molar-refractivity contribution in [1.29, 1.82) is 0 Å². The quantitative estimate of drug-likeness (QED) is 0.719. The van der Waals surface area contributed by atoms with Gasteiger partial charge >= 0.3 is 6.03 Å². The molecule has 5 rings (SSSR count). The second-order valence-corrected chi connectivity index (χ2v) is 8.13. The number of hydrazine groups is 1. The molecule has 4 aliphatic carbocycles. The smallest absolute Gasteiger partial charge is 0.333 e. The normalized spacial score (nSPS) is 31.3. The summed E-state index contributed by atoms with van der Waals surface area (Å²) in [5.41, 5.74) is 5.67. The van der Waals surface area contributed by atoms with Gasteiger partial charge in [0.1, 0.15) is 0 Å². The van der Waals surface area contributed by atoms with Crippen molar-refractivity contribution in [2.75, 3.05) is 7.11 Å². The summed E-state index contributed by atoms with van der Waals surface area (Å²) in [5, 5.41) is 2.72. The van der Waals surface area contributed by atoms with E-state index in [1.165, 1.54) is 26.4 Å². The molecule has 4 saturated carbocycles. The molecule has 0 atom stereocenters. The molecule has 26 heavy (non-hydrogen) atoms. The van der Waals surface area contributed by atoms with Crippen LogP contribution < -0.4 is 20.9 Å². The number of methoxy groups -OCH3 is 1. The van der Waals surface area contributed by atoms with Crippen molar-refractivity contribution in [3.05, 3.63) is 23.9 Å². The molecule has 7 nitrogen and oxygen atoms in total. The Morgan fingerprint density at radius 2 is 1.81 bits per heavy atom. The summed E-state index contributed by atoms with van der Waals surface area (Å²) in [6.07, 6.45) is 8.41. The first-order valence-electron chi connectivity index (χ1n) is 9.40. The highest BCUT2D eigenvalue weighted by Gasteiger charge is 2.54. The largest absolute Gasteiger partial charge is 0.481 e. The van der Waals surface area contributed by atoms with E-state index >= 15 is 0 Å². The zero-order valence-electron chi connectivity index (χ0n) is 15.1. The van der Waals surface area contributed by atoms with E-state index in [2.05, 4.69) is 21.2 Å². The molecule has 0 spiro atoms. The molecule has 4 fully saturated rings. The first-order valence-corrected chi connectivity index (χ1v) is 9.40. The third kappa shape index (κ3) is 3.22. The molecule has 4 bridgehead atoms. The number of nitrogens with one attached hydrogen (secondary N) is 3. The number of carbonyl (C=O) groups is 2. The lowest BCUT2D eigenvalue weighted by atomic mass is 9.49. The van der Waals surface area contributed by atoms with Crippen molar-refractivity contribution >= 4 is 11.9 Å². The molecule has 140 valence electrons. The molecule has 7 heteroatoms. The Labute approximate surface area is 153 Å². The van der Waals surface area contributed by atoms with E-state index in [0.717, 1.165) is 24.8 Å². The van der Waals surface area contributed by atoms with E-state index in [1.807, 2.05) is 6.07 Å². The van der Waals surface area contributed by atoms with Gasteiger partial charge in [-0.25, -0.2) is 15.2 Å². The van der Waals surface area contributed by atoms with Crippen LogP contribution in [-0.2, 0) is 11.3 Å². The Hall–Kier alpha value is -2.31. The van der Waals surface area contributed by atoms with Crippen LogP contribution in [0.4, 0.5) is 4.79 Å². The first-order chi connectivity index (χ1) is 12.6. The van der Waals surface area contributed by atoms with Crippen LogP contribution in [0, 0.1) is 23.2 Å². The minimum Gasteiger partial charge on any atom is -0.481 e. The Morgan fingerprint density at radius 3 is 2.42 bits per heavy atom. The molecule has 0 aliphatic heterocycles. The number of carbonyl (C=O) groups excluding carboxylic acids is 2. The molecule has 1 aromatic heterocycles. The van der Waals surface area contributed by atoms with Crippen LogP contribution in [0.1, 0.15) is 44.1 Å². The summed E-state index contributed by atoms with van der Waals surface area (Å²) in [6.45, 7) is 0.274. The molecule has 0 aromatic carbocycles. The van der Waals surface area contributed by atoms with Crippen LogP contribution in [0.5, 0.6) is 5.88 Å². The van der Waals surface area contributed by atoms with Crippen molar-refractivity contribution in [3.63, 3.8) is 0 Å². The minimum atomic E-state index is -0.436. The predicted octanol–water partition coefficient (Wildman–Crippen LogP) is 2.14. The molecule has 3 amide bonds. The van der Waals surface area contributed by atoms with Gasteiger partial charge in [0.05, 0.1) is 12.5 Å². The van der Waals surface area contributed by atoms with E-state index in [-0.39, 0.29) is 17.9 Å². The number of aromatic nitrogens is 1. The minimum absolute atomic E-state index is 0.0225. The topological polar surface area (TPSA) is 92.3 Å². The third-order valence-corrected chi connectivity index (χ3v) is 6.29. The van der Waals surface area contributed by atoms with E-state index < -0.39 is 6.03 Å². The van der Waals surface area contributed by atoms with Gasteiger partial charge < -0.3 is 10.1 Å². The highest BCUT2D eigenvalue weighted by molar-refractivity contribution is 5.85. The standard InChI is InChI=1S/C19H26N4O3/c1-26-16-15(3-2-4-20-16)11-21-18(25)23-22-17(24)19-8-12-5-13(9-19)7-14(6-12)10-19/h2-4,12-14H,5-11H2,1H3,(H,22,24)(H2,21,23,25). The van der Waals surface area contributed by atoms with E-state index in [0.29, 0.717) is 23.6 Å². The molecule has 3 N–H and O–H groups in total. The average Bonchev–Trinajstić information content (AvgIpc) is 2.63. The fourth-order valence-corrected chi connectivity index (χ4v) is 5.60. The molecule has 1 heterocycles. The molecule has 4 aliphatic rings. The van der Waals surface area contributed by atoms with Crippen LogP contribution in [0.15, 0.2) is 18.3 Å². The van der Waals surface area contributed by atoms with Crippen LogP contribution in [0.3, 0.4) is 0 Å². The monoisotopic (exact) mass is 358 g/mol. The fraction of sp³-hybridized carbons (Fsp3) is 0.632. The van der Waals surface area contributed by atoms with Gasteiger partial charge in [0.2, 0.25) is 11.8 Å². The Bertz CT molecular complexity index is 670. The maximum atomic E-state index is 12.8. The molecular formula is C19H26N4O3. The maximum Gasteiger partial charge on any atom is 0.333 e. The van der Waals surface area contributed by atoms with Gasteiger partial charge in [-0.1, -0.05) is 6.07 Å². The zero-order valence-corrected chi connectivity index (χ0v) is 15.1. The number of nitrogens with zero attached hydrogens (tertiary/aromatic N) is 1. The summed E-state index contributed by atoms with van der Waals surface area (Å²) in [6, 6.07) is 3.18. The number of urea groups is 1. The number of pyridine rings is 1. The van der Waals surface area contributed by atoms with Gasteiger partial charge in [-0.3, -0.25) is 10.2 Å². The van der Waals surface area contributed by atoms with Gasteiger partial charge in [0, 0.05) is 18.3 Å². The Kier molecular flexibility index (Phi) is 4.46. The average molecular weight is 358 g/mol. The second-order valence-electron chi connectivity index (χ2n) is 8.13. The highest BCUT2D eigenvalue weighted by atomic mass is 16.5. The molecule has 0 unspecified atom stereocenters. The molecule has 0 radical (unpaired) electrons. The Balaban J connectivity index is 1.29. The van der Waals surface area contributed by atoms with Gasteiger partial charge in [0.25, 0.3) is 0 Å². The summed E-state index contributed by atoms with van der Waals surface area (Å²) in [4.78, 5) is 28.9. The number of ether oxygens (including phenoxy) is 1. The fourth-order valence-electron chi connectivity index (χ4n) is 5.60. The lowest BCUT2D eigenvalue weighted by molar-refractivity contribution is -0.147. The van der Waals surface area contributed by atoms with Gasteiger partial charge in [0.15, 0.2) is 0 Å². The third-order valence-electron chi connectivity index (χ3n) is 6.29. The van der Waals surface area contributed by atoms with E-state index in [9.17, 15) is 9.59 Å². The SMILES string of the molecule is COc1ncccc1CNC(=O)NNC(=O)C12CC3CC(CC(C3)C1)C2.